The molecule has 3 N–H and O–H groups in total. The van der Waals surface area contributed by atoms with Crippen LogP contribution in [0.3, 0.4) is 0 Å². The fourth-order valence-corrected chi connectivity index (χ4v) is 4.93. The maximum absolute atomic E-state index is 12.2. The van der Waals surface area contributed by atoms with Crippen LogP contribution in [-0.2, 0) is 19.1 Å². The predicted octanol–water partition coefficient (Wildman–Crippen LogP) is 3.69. The van der Waals surface area contributed by atoms with Crippen LogP contribution in [0.15, 0.2) is 48.5 Å². The van der Waals surface area contributed by atoms with Crippen LogP contribution in [0.1, 0.15) is 49.1 Å². The van der Waals surface area contributed by atoms with Crippen LogP contribution in [0.4, 0.5) is 4.79 Å². The summed E-state index contributed by atoms with van der Waals surface area (Å²) in [4.78, 5) is 35.2. The van der Waals surface area contributed by atoms with E-state index in [1.54, 1.807) is 0 Å². The van der Waals surface area contributed by atoms with Gasteiger partial charge in [0.25, 0.3) is 0 Å². The van der Waals surface area contributed by atoms with Gasteiger partial charge in [-0.25, -0.2) is 4.79 Å². The second-order valence-corrected chi connectivity index (χ2v) is 9.32. The van der Waals surface area contributed by atoms with Crippen LogP contribution in [0.25, 0.3) is 11.1 Å². The number of hydrogen-bond donors (Lipinski definition) is 3. The number of fused-ring (bicyclic) bond motifs is 3. The highest BCUT2D eigenvalue weighted by Crippen LogP contribution is 2.44. The van der Waals surface area contributed by atoms with E-state index in [1.807, 2.05) is 24.3 Å². The van der Waals surface area contributed by atoms with Crippen molar-refractivity contribution in [2.75, 3.05) is 32.9 Å². The molecule has 4 rings (SSSR count). The zero-order chi connectivity index (χ0) is 24.7. The van der Waals surface area contributed by atoms with Crippen molar-refractivity contribution in [2.45, 2.75) is 38.0 Å². The number of hydrogen-bond acceptors (Lipinski definition) is 5. The van der Waals surface area contributed by atoms with Crippen LogP contribution in [0.2, 0.25) is 0 Å². The molecule has 0 unspecified atom stereocenters. The molecule has 0 radical (unpaired) electrons. The molecule has 2 aliphatic carbocycles. The summed E-state index contributed by atoms with van der Waals surface area (Å²) >= 11 is 0. The number of carboxylic acid groups (broad SMARTS) is 1. The third-order valence-electron chi connectivity index (χ3n) is 6.93. The summed E-state index contributed by atoms with van der Waals surface area (Å²) in [5.41, 5.74) is 4.39. The molecule has 8 heteroatoms. The van der Waals surface area contributed by atoms with Crippen molar-refractivity contribution in [2.24, 2.45) is 5.41 Å². The van der Waals surface area contributed by atoms with Crippen molar-refractivity contribution < 1.29 is 29.0 Å². The van der Waals surface area contributed by atoms with Gasteiger partial charge in [-0.15, -0.1) is 0 Å². The van der Waals surface area contributed by atoms with Gasteiger partial charge in [-0.2, -0.15) is 0 Å². The monoisotopic (exact) mass is 480 g/mol. The number of alkyl carbamates (subject to hydrolysis) is 1. The molecular formula is C27H32N2O6. The fraction of sp³-hybridized carbons (Fsp3) is 0.444. The zero-order valence-corrected chi connectivity index (χ0v) is 19.8. The molecule has 2 aliphatic rings. The molecule has 0 spiro atoms. The number of carbonyl (C=O) groups is 3. The van der Waals surface area contributed by atoms with Crippen molar-refractivity contribution in [3.63, 3.8) is 0 Å². The van der Waals surface area contributed by atoms with E-state index >= 15 is 0 Å². The molecule has 35 heavy (non-hydrogen) atoms. The molecule has 2 aromatic carbocycles. The first-order valence-electron chi connectivity index (χ1n) is 12.1. The molecule has 186 valence electrons. The molecule has 1 saturated carbocycles. The second-order valence-electron chi connectivity index (χ2n) is 9.32. The number of rotatable bonds is 12. The van der Waals surface area contributed by atoms with Crippen LogP contribution in [0, 0.1) is 5.41 Å². The SMILES string of the molecule is O=C(O)CC1(CNC(=O)CCOCCNC(=O)OCC2c3ccccc3-c3ccccc32)CCC1. The minimum Gasteiger partial charge on any atom is -0.481 e. The molecule has 0 saturated heterocycles. The fourth-order valence-electron chi connectivity index (χ4n) is 4.93. The van der Waals surface area contributed by atoms with Crippen molar-refractivity contribution in [3.8, 4) is 11.1 Å². The summed E-state index contributed by atoms with van der Waals surface area (Å²) in [7, 11) is 0. The van der Waals surface area contributed by atoms with Gasteiger partial charge in [-0.1, -0.05) is 55.0 Å². The van der Waals surface area contributed by atoms with Gasteiger partial charge in [-0.3, -0.25) is 9.59 Å². The lowest BCUT2D eigenvalue weighted by Gasteiger charge is -2.40. The van der Waals surface area contributed by atoms with Gasteiger partial charge in [0.2, 0.25) is 5.91 Å². The quantitative estimate of drug-likeness (QED) is 0.399. The summed E-state index contributed by atoms with van der Waals surface area (Å²) in [6.45, 7) is 1.41. The zero-order valence-electron chi connectivity index (χ0n) is 19.8. The highest BCUT2D eigenvalue weighted by molar-refractivity contribution is 5.79. The van der Waals surface area contributed by atoms with E-state index in [0.29, 0.717) is 6.54 Å². The predicted molar refractivity (Wildman–Crippen MR) is 130 cm³/mol. The third kappa shape index (κ3) is 6.19. The number of nitrogens with one attached hydrogen (secondary N) is 2. The van der Waals surface area contributed by atoms with Crippen LogP contribution in [0.5, 0.6) is 0 Å². The largest absolute Gasteiger partial charge is 0.481 e. The highest BCUT2D eigenvalue weighted by atomic mass is 16.5. The van der Waals surface area contributed by atoms with Gasteiger partial charge in [0, 0.05) is 25.4 Å². The van der Waals surface area contributed by atoms with Gasteiger partial charge in [-0.05, 0) is 40.5 Å². The second kappa shape index (κ2) is 11.4. The minimum atomic E-state index is -0.828. The summed E-state index contributed by atoms with van der Waals surface area (Å²) in [5.74, 6) is -0.977. The molecular weight excluding hydrogens is 448 g/mol. The molecule has 1 fully saturated rings. The van der Waals surface area contributed by atoms with E-state index in [1.165, 1.54) is 11.1 Å². The first-order chi connectivity index (χ1) is 17.0. The van der Waals surface area contributed by atoms with E-state index in [9.17, 15) is 14.4 Å². The maximum Gasteiger partial charge on any atom is 0.407 e. The van der Waals surface area contributed by atoms with Gasteiger partial charge >= 0.3 is 12.1 Å². The average molecular weight is 481 g/mol. The van der Waals surface area contributed by atoms with Crippen molar-refractivity contribution >= 4 is 18.0 Å². The van der Waals surface area contributed by atoms with Crippen LogP contribution >= 0.6 is 0 Å². The van der Waals surface area contributed by atoms with Gasteiger partial charge in [0.15, 0.2) is 0 Å². The molecule has 0 aromatic heterocycles. The smallest absolute Gasteiger partial charge is 0.407 e. The number of benzene rings is 2. The van der Waals surface area contributed by atoms with Gasteiger partial charge in [0.05, 0.1) is 19.6 Å². The first-order valence-corrected chi connectivity index (χ1v) is 12.1. The molecule has 0 heterocycles. The highest BCUT2D eigenvalue weighted by Gasteiger charge is 2.39. The molecule has 2 amide bonds. The number of carboxylic acids is 1. The molecule has 0 bridgehead atoms. The van der Waals surface area contributed by atoms with Crippen LogP contribution < -0.4 is 10.6 Å². The van der Waals surface area contributed by atoms with E-state index in [4.69, 9.17) is 14.6 Å². The molecule has 0 atom stereocenters. The van der Waals surface area contributed by atoms with E-state index in [-0.39, 0.29) is 56.4 Å². The number of ether oxygens (including phenoxy) is 2. The van der Waals surface area contributed by atoms with E-state index in [0.717, 1.165) is 30.4 Å². The Labute approximate surface area is 205 Å². The first kappa shape index (κ1) is 24.7. The molecule has 0 aliphatic heterocycles. The summed E-state index contributed by atoms with van der Waals surface area (Å²) in [6.07, 6.45) is 2.44. The normalized spacial score (nSPS) is 15.4. The number of carbonyl (C=O) groups excluding carboxylic acids is 2. The van der Waals surface area contributed by atoms with Gasteiger partial charge in [0.1, 0.15) is 6.61 Å². The number of amides is 2. The Morgan fingerprint density at radius 1 is 0.943 bits per heavy atom. The molecule has 8 nitrogen and oxygen atoms in total. The minimum absolute atomic E-state index is 0.0116. The van der Waals surface area contributed by atoms with Crippen molar-refractivity contribution in [3.05, 3.63) is 59.7 Å². The Morgan fingerprint density at radius 2 is 1.60 bits per heavy atom. The molecule has 2 aromatic rings. The van der Waals surface area contributed by atoms with E-state index in [2.05, 4.69) is 34.9 Å². The lowest BCUT2D eigenvalue weighted by molar-refractivity contribution is -0.142. The number of aliphatic carboxylic acids is 1. The Balaban J connectivity index is 1.10. The Bertz CT molecular complexity index is 1020. The maximum atomic E-state index is 12.2. The lowest BCUT2D eigenvalue weighted by Crippen LogP contribution is -2.43. The topological polar surface area (TPSA) is 114 Å². The summed E-state index contributed by atoms with van der Waals surface area (Å²) in [6, 6.07) is 16.3. The third-order valence-corrected chi connectivity index (χ3v) is 6.93. The van der Waals surface area contributed by atoms with Crippen molar-refractivity contribution in [1.29, 1.82) is 0 Å². The van der Waals surface area contributed by atoms with Gasteiger partial charge < -0.3 is 25.2 Å². The van der Waals surface area contributed by atoms with E-state index < -0.39 is 12.1 Å². The van der Waals surface area contributed by atoms with Crippen molar-refractivity contribution in [1.82, 2.24) is 10.6 Å². The average Bonchev–Trinajstić information content (AvgIpc) is 3.15. The lowest BCUT2D eigenvalue weighted by atomic mass is 9.66. The van der Waals surface area contributed by atoms with Crippen LogP contribution in [-0.4, -0.2) is 56.0 Å². The summed E-state index contributed by atoms with van der Waals surface area (Å²) in [5, 5.41) is 14.5. The standard InChI is InChI=1S/C27H32N2O6/c30-24(29-18-27(11-5-12-27)16-25(31)32)10-14-34-15-13-28-26(33)35-17-23-21-8-3-1-6-19(21)20-7-2-4-9-22(20)23/h1-4,6-9,23H,5,10-18H2,(H,28,33)(H,29,30)(H,31,32). The Morgan fingerprint density at radius 3 is 2.20 bits per heavy atom. The summed E-state index contributed by atoms with van der Waals surface area (Å²) < 4.78 is 10.9. The Kier molecular flexibility index (Phi) is 8.02. The Hall–Kier alpha value is -3.39.